The molecule has 2 rings (SSSR count). The predicted octanol–water partition coefficient (Wildman–Crippen LogP) is 2.92. The highest BCUT2D eigenvalue weighted by Crippen LogP contribution is 2.08. The third-order valence-corrected chi connectivity index (χ3v) is 3.80. The van der Waals surface area contributed by atoms with Crippen LogP contribution < -0.4 is 10.6 Å². The van der Waals surface area contributed by atoms with Crippen molar-refractivity contribution in [1.82, 2.24) is 10.6 Å². The molecule has 0 radical (unpaired) electrons. The zero-order valence-corrected chi connectivity index (χ0v) is 13.1. The monoisotopic (exact) mass is 318 g/mol. The first kappa shape index (κ1) is 16.0. The third-order valence-electron chi connectivity index (χ3n) is 2.92. The summed E-state index contributed by atoms with van der Waals surface area (Å²) in [6.07, 6.45) is 0. The van der Waals surface area contributed by atoms with Gasteiger partial charge in [0.2, 0.25) is 0 Å². The van der Waals surface area contributed by atoms with E-state index in [2.05, 4.69) is 10.6 Å². The maximum absolute atomic E-state index is 11.7. The highest BCUT2D eigenvalue weighted by atomic mass is 32.1. The van der Waals surface area contributed by atoms with Crippen molar-refractivity contribution in [2.75, 3.05) is 6.61 Å². The van der Waals surface area contributed by atoms with Crippen molar-refractivity contribution in [2.24, 2.45) is 0 Å². The van der Waals surface area contributed by atoms with E-state index in [9.17, 15) is 9.59 Å². The molecule has 0 aliphatic carbocycles. The maximum atomic E-state index is 11.7. The third kappa shape index (κ3) is 4.89. The molecule has 22 heavy (non-hydrogen) atoms. The number of carbonyl (C=O) groups excluding carboxylic acids is 2. The Morgan fingerprint density at radius 3 is 2.45 bits per heavy atom. The Labute approximate surface area is 133 Å². The predicted molar refractivity (Wildman–Crippen MR) is 85.8 cm³/mol. The number of nitrogens with one attached hydrogen (secondary N) is 2. The number of thiophene rings is 1. The minimum absolute atomic E-state index is 0.220. The van der Waals surface area contributed by atoms with Gasteiger partial charge >= 0.3 is 12.0 Å². The summed E-state index contributed by atoms with van der Waals surface area (Å²) >= 11 is 1.60. The summed E-state index contributed by atoms with van der Waals surface area (Å²) in [6.45, 7) is 3.04. The molecular formula is C16H18N2O3S. The molecule has 0 spiro atoms. The second-order valence-electron chi connectivity index (χ2n) is 4.53. The molecule has 5 nitrogen and oxygen atoms in total. The van der Waals surface area contributed by atoms with Crippen LogP contribution in [-0.4, -0.2) is 18.6 Å². The average molecular weight is 318 g/mol. The van der Waals surface area contributed by atoms with Crippen molar-refractivity contribution in [1.29, 1.82) is 0 Å². The smallest absolute Gasteiger partial charge is 0.338 e. The van der Waals surface area contributed by atoms with Crippen LogP contribution in [0.2, 0.25) is 0 Å². The molecule has 2 aromatic rings. The molecule has 0 unspecified atom stereocenters. The zero-order chi connectivity index (χ0) is 15.8. The topological polar surface area (TPSA) is 67.4 Å². The Kier molecular flexibility index (Phi) is 5.97. The molecule has 2 amide bonds. The first-order chi connectivity index (χ1) is 10.7. The lowest BCUT2D eigenvalue weighted by Crippen LogP contribution is -2.34. The number of hydrogen-bond donors (Lipinski definition) is 2. The Bertz CT molecular complexity index is 609. The molecule has 1 aromatic carbocycles. The van der Waals surface area contributed by atoms with E-state index in [1.807, 2.05) is 17.5 Å². The second-order valence-corrected chi connectivity index (χ2v) is 5.57. The zero-order valence-electron chi connectivity index (χ0n) is 12.3. The largest absolute Gasteiger partial charge is 0.462 e. The van der Waals surface area contributed by atoms with E-state index in [4.69, 9.17) is 4.74 Å². The van der Waals surface area contributed by atoms with Crippen LogP contribution in [0.3, 0.4) is 0 Å². The van der Waals surface area contributed by atoms with E-state index in [1.165, 1.54) is 0 Å². The van der Waals surface area contributed by atoms with Gasteiger partial charge in [0.05, 0.1) is 18.7 Å². The van der Waals surface area contributed by atoms with Gasteiger partial charge in [0.25, 0.3) is 0 Å². The number of benzene rings is 1. The molecule has 0 aliphatic heterocycles. The molecule has 0 saturated carbocycles. The fraction of sp³-hybridized carbons (Fsp3) is 0.250. The summed E-state index contributed by atoms with van der Waals surface area (Å²) in [4.78, 5) is 24.3. The standard InChI is InChI=1S/C16H18N2O3S/c1-2-21-15(19)13-7-5-12(6-8-13)10-17-16(20)18-11-14-4-3-9-22-14/h3-9H,2,10-11H2,1H3,(H2,17,18,20). The summed E-state index contributed by atoms with van der Waals surface area (Å²) < 4.78 is 4.92. The van der Waals surface area contributed by atoms with Gasteiger partial charge in [-0.2, -0.15) is 0 Å². The van der Waals surface area contributed by atoms with Gasteiger partial charge in [0.15, 0.2) is 0 Å². The normalized spacial score (nSPS) is 10.0. The van der Waals surface area contributed by atoms with Crippen molar-refractivity contribution in [3.8, 4) is 0 Å². The number of ether oxygens (including phenoxy) is 1. The molecule has 1 heterocycles. The maximum Gasteiger partial charge on any atom is 0.338 e. The van der Waals surface area contributed by atoms with Gasteiger partial charge in [-0.05, 0) is 36.1 Å². The molecule has 116 valence electrons. The molecule has 6 heteroatoms. The Balaban J connectivity index is 1.76. The van der Waals surface area contributed by atoms with E-state index >= 15 is 0 Å². The number of carbonyl (C=O) groups is 2. The quantitative estimate of drug-likeness (QED) is 0.805. The van der Waals surface area contributed by atoms with Crippen molar-refractivity contribution in [3.63, 3.8) is 0 Å². The van der Waals surface area contributed by atoms with E-state index in [1.54, 1.807) is 42.5 Å². The van der Waals surface area contributed by atoms with Gasteiger partial charge in [-0.15, -0.1) is 11.3 Å². The van der Waals surface area contributed by atoms with Crippen molar-refractivity contribution >= 4 is 23.3 Å². The van der Waals surface area contributed by atoms with Crippen LogP contribution >= 0.6 is 11.3 Å². The molecule has 0 bridgehead atoms. The summed E-state index contributed by atoms with van der Waals surface area (Å²) in [7, 11) is 0. The van der Waals surface area contributed by atoms with Crippen molar-refractivity contribution < 1.29 is 14.3 Å². The lowest BCUT2D eigenvalue weighted by atomic mass is 10.1. The van der Waals surface area contributed by atoms with Crippen LogP contribution in [0.1, 0.15) is 27.7 Å². The van der Waals surface area contributed by atoms with E-state index < -0.39 is 0 Å². The Morgan fingerprint density at radius 1 is 1.09 bits per heavy atom. The summed E-state index contributed by atoms with van der Waals surface area (Å²) in [5.74, 6) is -0.337. The number of urea groups is 1. The number of rotatable bonds is 6. The minimum Gasteiger partial charge on any atom is -0.462 e. The van der Waals surface area contributed by atoms with E-state index in [0.29, 0.717) is 25.3 Å². The molecule has 0 atom stereocenters. The fourth-order valence-electron chi connectivity index (χ4n) is 1.80. The van der Waals surface area contributed by atoms with Crippen LogP contribution in [0.5, 0.6) is 0 Å². The molecule has 1 aromatic heterocycles. The lowest BCUT2D eigenvalue weighted by Gasteiger charge is -2.07. The summed E-state index contributed by atoms with van der Waals surface area (Å²) in [5, 5.41) is 7.53. The molecule has 0 saturated heterocycles. The van der Waals surface area contributed by atoms with Crippen molar-refractivity contribution in [2.45, 2.75) is 20.0 Å². The van der Waals surface area contributed by atoms with Crippen molar-refractivity contribution in [3.05, 3.63) is 57.8 Å². The van der Waals surface area contributed by atoms with E-state index in [-0.39, 0.29) is 12.0 Å². The van der Waals surface area contributed by atoms with E-state index in [0.717, 1.165) is 10.4 Å². The van der Waals surface area contributed by atoms with Crippen LogP contribution in [0.15, 0.2) is 41.8 Å². The van der Waals surface area contributed by atoms with Gasteiger partial charge in [0, 0.05) is 11.4 Å². The Morgan fingerprint density at radius 2 is 1.82 bits per heavy atom. The summed E-state index contributed by atoms with van der Waals surface area (Å²) in [5.41, 5.74) is 1.42. The lowest BCUT2D eigenvalue weighted by molar-refractivity contribution is 0.0526. The van der Waals surface area contributed by atoms with Gasteiger partial charge in [0.1, 0.15) is 0 Å². The van der Waals surface area contributed by atoms with Gasteiger partial charge < -0.3 is 15.4 Å². The average Bonchev–Trinajstić information content (AvgIpc) is 3.05. The van der Waals surface area contributed by atoms with Crippen LogP contribution in [-0.2, 0) is 17.8 Å². The van der Waals surface area contributed by atoms with Crippen LogP contribution in [0, 0.1) is 0 Å². The number of hydrogen-bond acceptors (Lipinski definition) is 4. The van der Waals surface area contributed by atoms with Crippen LogP contribution in [0.4, 0.5) is 4.79 Å². The second kappa shape index (κ2) is 8.19. The van der Waals surface area contributed by atoms with Gasteiger partial charge in [-0.3, -0.25) is 0 Å². The highest BCUT2D eigenvalue weighted by molar-refractivity contribution is 7.09. The summed E-state index contributed by atoms with van der Waals surface area (Å²) in [6, 6.07) is 10.7. The SMILES string of the molecule is CCOC(=O)c1ccc(CNC(=O)NCc2cccs2)cc1. The number of esters is 1. The Hall–Kier alpha value is -2.34. The molecule has 2 N–H and O–H groups in total. The van der Waals surface area contributed by atoms with Gasteiger partial charge in [-0.25, -0.2) is 9.59 Å². The fourth-order valence-corrected chi connectivity index (χ4v) is 2.44. The molecule has 0 fully saturated rings. The minimum atomic E-state index is -0.337. The first-order valence-corrected chi connectivity index (χ1v) is 7.87. The first-order valence-electron chi connectivity index (χ1n) is 6.99. The highest BCUT2D eigenvalue weighted by Gasteiger charge is 2.06. The molecule has 0 aliphatic rings. The number of amides is 2. The van der Waals surface area contributed by atoms with Crippen LogP contribution in [0.25, 0.3) is 0 Å². The van der Waals surface area contributed by atoms with Gasteiger partial charge in [-0.1, -0.05) is 18.2 Å². The molecular weight excluding hydrogens is 300 g/mol.